The lowest BCUT2D eigenvalue weighted by Gasteiger charge is -2.25. The summed E-state index contributed by atoms with van der Waals surface area (Å²) in [4.78, 5) is 9.47. The van der Waals surface area contributed by atoms with E-state index in [4.69, 9.17) is 4.74 Å². The zero-order valence-electron chi connectivity index (χ0n) is 12.3. The summed E-state index contributed by atoms with van der Waals surface area (Å²) >= 11 is 0. The highest BCUT2D eigenvalue weighted by Crippen LogP contribution is 2.21. The third-order valence-corrected chi connectivity index (χ3v) is 4.66. The Labute approximate surface area is 124 Å². The van der Waals surface area contributed by atoms with Gasteiger partial charge in [-0.05, 0) is 19.4 Å². The van der Waals surface area contributed by atoms with Crippen LogP contribution in [0.4, 0.5) is 0 Å². The Morgan fingerprint density at radius 2 is 2.05 bits per heavy atom. The number of nitrogens with zero attached hydrogens (tertiary/aromatic N) is 2. The van der Waals surface area contributed by atoms with Gasteiger partial charge < -0.3 is 9.72 Å². The van der Waals surface area contributed by atoms with E-state index in [9.17, 15) is 13.0 Å². The molecule has 8 heteroatoms. The van der Waals surface area contributed by atoms with Crippen LogP contribution in [0.5, 0.6) is 0 Å². The van der Waals surface area contributed by atoms with Crippen molar-refractivity contribution in [3.8, 4) is 0 Å². The predicted molar refractivity (Wildman–Crippen MR) is 79.8 cm³/mol. The fourth-order valence-corrected chi connectivity index (χ4v) is 3.39. The number of hydrogen-bond acceptors (Lipinski definition) is 5. The molecule has 0 radical (unpaired) electrons. The standard InChI is InChI=1S/C13H21N3O4S/c1-10-12(15-11(2)13(10)21(17,18)19)9-14-3-4-16-5-7-20-8-6-16/h9,15H,3-8H2,1-2H3,(H,17,18,19)/b14-9+. The first kappa shape index (κ1) is 16.2. The van der Waals surface area contributed by atoms with Crippen LogP contribution in [0.25, 0.3) is 0 Å². The molecule has 1 aromatic heterocycles. The van der Waals surface area contributed by atoms with E-state index in [1.165, 1.54) is 0 Å². The second-order valence-electron chi connectivity index (χ2n) is 5.08. The van der Waals surface area contributed by atoms with E-state index in [1.807, 2.05) is 0 Å². The number of aliphatic imine (C=N–C) groups is 1. The Morgan fingerprint density at radius 3 is 2.62 bits per heavy atom. The zero-order valence-corrected chi connectivity index (χ0v) is 13.1. The van der Waals surface area contributed by atoms with Crippen molar-refractivity contribution in [1.29, 1.82) is 0 Å². The minimum atomic E-state index is -4.21. The second kappa shape index (κ2) is 6.69. The number of aromatic amines is 1. The Morgan fingerprint density at radius 1 is 1.38 bits per heavy atom. The largest absolute Gasteiger partial charge is 0.379 e. The van der Waals surface area contributed by atoms with Crippen molar-refractivity contribution >= 4 is 16.3 Å². The van der Waals surface area contributed by atoms with Crippen molar-refractivity contribution in [3.63, 3.8) is 0 Å². The lowest BCUT2D eigenvalue weighted by molar-refractivity contribution is 0.0395. The number of rotatable bonds is 5. The van der Waals surface area contributed by atoms with Gasteiger partial charge in [0.05, 0.1) is 25.5 Å². The maximum Gasteiger partial charge on any atom is 0.296 e. The maximum atomic E-state index is 11.3. The molecule has 1 aliphatic rings. The topological polar surface area (TPSA) is 95.0 Å². The van der Waals surface area contributed by atoms with E-state index < -0.39 is 10.1 Å². The number of H-pyrrole nitrogens is 1. The minimum absolute atomic E-state index is 0.0582. The third-order valence-electron chi connectivity index (χ3n) is 3.53. The first-order valence-corrected chi connectivity index (χ1v) is 8.30. The number of nitrogens with one attached hydrogen (secondary N) is 1. The molecule has 2 heterocycles. The lowest BCUT2D eigenvalue weighted by Crippen LogP contribution is -2.37. The van der Waals surface area contributed by atoms with Gasteiger partial charge in [-0.15, -0.1) is 0 Å². The van der Waals surface area contributed by atoms with Gasteiger partial charge in [-0.3, -0.25) is 14.4 Å². The number of aromatic nitrogens is 1. The van der Waals surface area contributed by atoms with Gasteiger partial charge in [0.2, 0.25) is 0 Å². The van der Waals surface area contributed by atoms with Crippen LogP contribution >= 0.6 is 0 Å². The van der Waals surface area contributed by atoms with Gasteiger partial charge in [-0.2, -0.15) is 8.42 Å². The van der Waals surface area contributed by atoms with Crippen molar-refractivity contribution in [3.05, 3.63) is 17.0 Å². The highest BCUT2D eigenvalue weighted by molar-refractivity contribution is 7.86. The Kier molecular flexibility index (Phi) is 5.15. The first-order valence-electron chi connectivity index (χ1n) is 6.86. The smallest absolute Gasteiger partial charge is 0.296 e. The van der Waals surface area contributed by atoms with Gasteiger partial charge in [-0.25, -0.2) is 0 Å². The van der Waals surface area contributed by atoms with E-state index in [2.05, 4.69) is 14.9 Å². The summed E-state index contributed by atoms with van der Waals surface area (Å²) in [6.07, 6.45) is 1.62. The number of hydrogen-bond donors (Lipinski definition) is 2. The quantitative estimate of drug-likeness (QED) is 0.614. The highest BCUT2D eigenvalue weighted by atomic mass is 32.2. The summed E-state index contributed by atoms with van der Waals surface area (Å²) in [5, 5.41) is 0. The molecule has 21 heavy (non-hydrogen) atoms. The van der Waals surface area contributed by atoms with E-state index in [0.29, 0.717) is 23.5 Å². The summed E-state index contributed by atoms with van der Waals surface area (Å²) in [5.74, 6) is 0. The molecule has 1 aliphatic heterocycles. The molecule has 0 aromatic carbocycles. The average Bonchev–Trinajstić information content (AvgIpc) is 2.70. The molecule has 2 rings (SSSR count). The summed E-state index contributed by atoms with van der Waals surface area (Å²) in [6, 6.07) is 0. The van der Waals surface area contributed by atoms with E-state index in [0.717, 1.165) is 32.8 Å². The first-order chi connectivity index (χ1) is 9.89. The minimum Gasteiger partial charge on any atom is -0.379 e. The molecule has 0 spiro atoms. The summed E-state index contributed by atoms with van der Waals surface area (Å²) in [7, 11) is -4.21. The van der Waals surface area contributed by atoms with Crippen LogP contribution in [0.2, 0.25) is 0 Å². The number of aryl methyl sites for hydroxylation is 1. The summed E-state index contributed by atoms with van der Waals surface area (Å²) < 4.78 is 37.1. The second-order valence-corrected chi connectivity index (χ2v) is 6.44. The molecular weight excluding hydrogens is 294 g/mol. The van der Waals surface area contributed by atoms with Gasteiger partial charge in [0, 0.05) is 31.5 Å². The van der Waals surface area contributed by atoms with Crippen molar-refractivity contribution in [1.82, 2.24) is 9.88 Å². The molecule has 1 saturated heterocycles. The molecule has 2 N–H and O–H groups in total. The van der Waals surface area contributed by atoms with Crippen molar-refractivity contribution in [2.24, 2.45) is 4.99 Å². The SMILES string of the molecule is Cc1[nH]c(/C=N/CCN2CCOCC2)c(C)c1S(=O)(=O)O. The van der Waals surface area contributed by atoms with Crippen molar-refractivity contribution < 1.29 is 17.7 Å². The molecule has 118 valence electrons. The number of ether oxygens (including phenoxy) is 1. The van der Waals surface area contributed by atoms with E-state index in [-0.39, 0.29) is 4.90 Å². The highest BCUT2D eigenvalue weighted by Gasteiger charge is 2.20. The lowest BCUT2D eigenvalue weighted by atomic mass is 10.3. The average molecular weight is 315 g/mol. The summed E-state index contributed by atoms with van der Waals surface area (Å²) in [6.45, 7) is 8.11. The fourth-order valence-electron chi connectivity index (χ4n) is 2.45. The molecule has 0 atom stereocenters. The van der Waals surface area contributed by atoms with Crippen LogP contribution in [0.15, 0.2) is 9.89 Å². The predicted octanol–water partition coefficient (Wildman–Crippen LogP) is 0.629. The van der Waals surface area contributed by atoms with Crippen LogP contribution < -0.4 is 0 Å². The zero-order chi connectivity index (χ0) is 15.5. The molecule has 0 aliphatic carbocycles. The molecule has 0 bridgehead atoms. The van der Waals surface area contributed by atoms with Gasteiger partial charge >= 0.3 is 0 Å². The van der Waals surface area contributed by atoms with E-state index in [1.54, 1.807) is 20.1 Å². The van der Waals surface area contributed by atoms with Gasteiger partial charge in [0.1, 0.15) is 4.90 Å². The number of morpholine rings is 1. The van der Waals surface area contributed by atoms with Crippen LogP contribution in [0.1, 0.15) is 17.0 Å². The third kappa shape index (κ3) is 4.13. The molecular formula is C13H21N3O4S. The van der Waals surface area contributed by atoms with Gasteiger partial charge in [-0.1, -0.05) is 0 Å². The molecule has 0 unspecified atom stereocenters. The molecule has 7 nitrogen and oxygen atoms in total. The van der Waals surface area contributed by atoms with Crippen molar-refractivity contribution in [2.75, 3.05) is 39.4 Å². The van der Waals surface area contributed by atoms with Crippen molar-refractivity contribution in [2.45, 2.75) is 18.7 Å². The van der Waals surface area contributed by atoms with Crippen LogP contribution in [0.3, 0.4) is 0 Å². The van der Waals surface area contributed by atoms with E-state index >= 15 is 0 Å². The van der Waals surface area contributed by atoms with Gasteiger partial charge in [0.25, 0.3) is 10.1 Å². The normalized spacial score (nSPS) is 17.7. The Balaban J connectivity index is 1.98. The monoisotopic (exact) mass is 315 g/mol. The fraction of sp³-hybridized carbons (Fsp3) is 0.615. The van der Waals surface area contributed by atoms with Crippen LogP contribution in [-0.4, -0.2) is 68.5 Å². The van der Waals surface area contributed by atoms with Crippen LogP contribution in [0, 0.1) is 13.8 Å². The molecule has 1 fully saturated rings. The summed E-state index contributed by atoms with van der Waals surface area (Å²) in [5.41, 5.74) is 1.52. The Hall–Kier alpha value is -1.22. The van der Waals surface area contributed by atoms with Crippen LogP contribution in [-0.2, 0) is 14.9 Å². The molecule has 1 aromatic rings. The van der Waals surface area contributed by atoms with Gasteiger partial charge in [0.15, 0.2) is 0 Å². The molecule has 0 amide bonds. The molecule has 0 saturated carbocycles. The maximum absolute atomic E-state index is 11.3. The Bertz CT molecular complexity index is 616.